The van der Waals surface area contributed by atoms with E-state index in [1.807, 2.05) is 61.2 Å². The number of carbonyl (C=O) groups is 2. The van der Waals surface area contributed by atoms with Gasteiger partial charge in [0.25, 0.3) is 11.8 Å². The monoisotopic (exact) mass is 375 g/mol. The summed E-state index contributed by atoms with van der Waals surface area (Å²) in [7, 11) is 0. The Bertz CT molecular complexity index is 985. The fourth-order valence-corrected chi connectivity index (χ4v) is 3.92. The molecule has 28 heavy (non-hydrogen) atoms. The van der Waals surface area contributed by atoms with Crippen LogP contribution in [0.1, 0.15) is 45.5 Å². The van der Waals surface area contributed by atoms with Crippen LogP contribution in [0.3, 0.4) is 0 Å². The molecule has 0 atom stereocenters. The number of carbonyl (C=O) groups excluding carboxylic acids is 2. The van der Waals surface area contributed by atoms with Crippen LogP contribution in [-0.4, -0.2) is 41.2 Å². The molecule has 2 aromatic carbocycles. The van der Waals surface area contributed by atoms with Gasteiger partial charge in [-0.15, -0.1) is 0 Å². The molecular formula is C23H25N3O2. The number of rotatable bonds is 2. The van der Waals surface area contributed by atoms with Crippen molar-refractivity contribution in [2.75, 3.05) is 13.1 Å². The molecule has 2 aliphatic heterocycles. The molecule has 2 amide bonds. The SMILES string of the molecule is Cc1cccc(C(=O)N2CCC3(CC2)N=C(c2ccc(C)c(C)c2)C(=O)N3)c1. The predicted molar refractivity (Wildman–Crippen MR) is 110 cm³/mol. The van der Waals surface area contributed by atoms with E-state index in [-0.39, 0.29) is 11.8 Å². The van der Waals surface area contributed by atoms with Gasteiger partial charge in [0, 0.05) is 37.1 Å². The van der Waals surface area contributed by atoms with E-state index in [0.717, 1.165) is 16.7 Å². The Morgan fingerprint density at radius 1 is 1.04 bits per heavy atom. The van der Waals surface area contributed by atoms with Gasteiger partial charge in [-0.25, -0.2) is 0 Å². The maximum absolute atomic E-state index is 12.8. The van der Waals surface area contributed by atoms with Crippen molar-refractivity contribution >= 4 is 17.5 Å². The number of hydrogen-bond acceptors (Lipinski definition) is 3. The second-order valence-corrected chi connectivity index (χ2v) is 7.91. The fourth-order valence-electron chi connectivity index (χ4n) is 3.92. The first kappa shape index (κ1) is 18.4. The molecule has 2 aliphatic rings. The van der Waals surface area contributed by atoms with Crippen molar-refractivity contribution < 1.29 is 9.59 Å². The molecule has 0 bridgehead atoms. The summed E-state index contributed by atoms with van der Waals surface area (Å²) in [6.07, 6.45) is 1.26. The van der Waals surface area contributed by atoms with Crippen LogP contribution in [0.25, 0.3) is 0 Å². The summed E-state index contributed by atoms with van der Waals surface area (Å²) >= 11 is 0. The summed E-state index contributed by atoms with van der Waals surface area (Å²) in [6.45, 7) is 7.24. The Hall–Kier alpha value is -2.95. The zero-order chi connectivity index (χ0) is 19.9. The highest BCUT2D eigenvalue weighted by Gasteiger charge is 2.43. The smallest absolute Gasteiger partial charge is 0.272 e. The largest absolute Gasteiger partial charge is 0.338 e. The van der Waals surface area contributed by atoms with Crippen molar-refractivity contribution in [3.05, 3.63) is 70.3 Å². The van der Waals surface area contributed by atoms with E-state index in [2.05, 4.69) is 12.2 Å². The van der Waals surface area contributed by atoms with E-state index < -0.39 is 5.66 Å². The van der Waals surface area contributed by atoms with Gasteiger partial charge < -0.3 is 10.2 Å². The lowest BCUT2D eigenvalue weighted by Gasteiger charge is -2.37. The molecule has 0 aliphatic carbocycles. The van der Waals surface area contributed by atoms with Crippen molar-refractivity contribution in [2.24, 2.45) is 4.99 Å². The van der Waals surface area contributed by atoms with Gasteiger partial charge in [-0.05, 0) is 50.1 Å². The van der Waals surface area contributed by atoms with Gasteiger partial charge in [0.1, 0.15) is 11.4 Å². The van der Waals surface area contributed by atoms with E-state index in [1.165, 1.54) is 5.56 Å². The first-order chi connectivity index (χ1) is 13.4. The number of benzene rings is 2. The Morgan fingerprint density at radius 3 is 2.46 bits per heavy atom. The minimum Gasteiger partial charge on any atom is -0.338 e. The van der Waals surface area contributed by atoms with Gasteiger partial charge in [0.05, 0.1) is 0 Å². The molecule has 1 spiro atoms. The Balaban J connectivity index is 1.51. The highest BCUT2D eigenvalue weighted by Crippen LogP contribution is 2.30. The number of aryl methyl sites for hydroxylation is 3. The maximum atomic E-state index is 12.8. The molecule has 1 fully saturated rings. The molecule has 2 heterocycles. The van der Waals surface area contributed by atoms with Gasteiger partial charge in [-0.1, -0.05) is 29.8 Å². The standard InChI is InChI=1S/C23H25N3O2/c1-15-5-4-6-19(13-15)22(28)26-11-9-23(10-12-26)24-20(21(27)25-23)18-8-7-16(2)17(3)14-18/h4-8,13-14H,9-12H2,1-3H3,(H,25,27). The molecule has 0 unspecified atom stereocenters. The molecule has 0 aromatic heterocycles. The number of aliphatic imine (C=N–C) groups is 1. The second kappa shape index (κ2) is 6.89. The Morgan fingerprint density at radius 2 is 1.79 bits per heavy atom. The molecule has 5 nitrogen and oxygen atoms in total. The summed E-state index contributed by atoms with van der Waals surface area (Å²) in [5.41, 5.74) is 4.90. The van der Waals surface area contributed by atoms with Crippen molar-refractivity contribution in [1.82, 2.24) is 10.2 Å². The van der Waals surface area contributed by atoms with Crippen LogP contribution < -0.4 is 5.32 Å². The third-order valence-corrected chi connectivity index (χ3v) is 5.81. The average molecular weight is 375 g/mol. The van der Waals surface area contributed by atoms with Gasteiger partial charge in [-0.2, -0.15) is 0 Å². The maximum Gasteiger partial charge on any atom is 0.272 e. The summed E-state index contributed by atoms with van der Waals surface area (Å²) in [5.74, 6) is -0.0806. The van der Waals surface area contributed by atoms with Gasteiger partial charge in [0.15, 0.2) is 0 Å². The van der Waals surface area contributed by atoms with E-state index in [0.29, 0.717) is 37.2 Å². The van der Waals surface area contributed by atoms with Crippen LogP contribution in [-0.2, 0) is 4.79 Å². The molecule has 5 heteroatoms. The minimum atomic E-state index is -0.589. The number of amides is 2. The molecule has 0 saturated carbocycles. The lowest BCUT2D eigenvalue weighted by molar-refractivity contribution is -0.115. The Labute approximate surface area is 165 Å². The molecular weight excluding hydrogens is 350 g/mol. The fraction of sp³-hybridized carbons (Fsp3) is 0.348. The minimum absolute atomic E-state index is 0.0428. The zero-order valence-corrected chi connectivity index (χ0v) is 16.6. The van der Waals surface area contributed by atoms with Crippen LogP contribution in [0.15, 0.2) is 47.5 Å². The number of nitrogens with one attached hydrogen (secondary N) is 1. The normalized spacial score (nSPS) is 18.2. The summed E-state index contributed by atoms with van der Waals surface area (Å²) in [6, 6.07) is 13.7. The number of likely N-dealkylation sites (tertiary alicyclic amines) is 1. The van der Waals surface area contributed by atoms with Crippen molar-refractivity contribution in [3.8, 4) is 0 Å². The number of piperidine rings is 1. The van der Waals surface area contributed by atoms with Crippen LogP contribution >= 0.6 is 0 Å². The van der Waals surface area contributed by atoms with Crippen molar-refractivity contribution in [3.63, 3.8) is 0 Å². The Kier molecular flexibility index (Phi) is 4.53. The average Bonchev–Trinajstić information content (AvgIpc) is 3.00. The molecule has 1 N–H and O–H groups in total. The lowest BCUT2D eigenvalue weighted by atomic mass is 9.97. The van der Waals surface area contributed by atoms with Gasteiger partial charge >= 0.3 is 0 Å². The molecule has 1 saturated heterocycles. The summed E-state index contributed by atoms with van der Waals surface area (Å²) in [4.78, 5) is 32.0. The van der Waals surface area contributed by atoms with Crippen LogP contribution in [0.5, 0.6) is 0 Å². The molecule has 4 rings (SSSR count). The van der Waals surface area contributed by atoms with Crippen LogP contribution in [0, 0.1) is 20.8 Å². The highest BCUT2D eigenvalue weighted by atomic mass is 16.2. The predicted octanol–water partition coefficient (Wildman–Crippen LogP) is 3.16. The van der Waals surface area contributed by atoms with Gasteiger partial charge in [-0.3, -0.25) is 14.6 Å². The second-order valence-electron chi connectivity index (χ2n) is 7.91. The first-order valence-electron chi connectivity index (χ1n) is 9.73. The molecule has 2 aromatic rings. The molecule has 144 valence electrons. The van der Waals surface area contributed by atoms with Crippen molar-refractivity contribution in [1.29, 1.82) is 0 Å². The third-order valence-electron chi connectivity index (χ3n) is 5.81. The summed E-state index contributed by atoms with van der Waals surface area (Å²) in [5, 5.41) is 3.08. The molecule has 0 radical (unpaired) electrons. The van der Waals surface area contributed by atoms with Crippen LogP contribution in [0.4, 0.5) is 0 Å². The van der Waals surface area contributed by atoms with E-state index >= 15 is 0 Å². The van der Waals surface area contributed by atoms with E-state index in [4.69, 9.17) is 4.99 Å². The quantitative estimate of drug-likeness (QED) is 0.876. The third kappa shape index (κ3) is 3.33. The highest BCUT2D eigenvalue weighted by molar-refractivity contribution is 6.46. The first-order valence-corrected chi connectivity index (χ1v) is 9.73. The van der Waals surface area contributed by atoms with E-state index in [1.54, 1.807) is 0 Å². The van der Waals surface area contributed by atoms with Crippen LogP contribution in [0.2, 0.25) is 0 Å². The number of nitrogens with zero attached hydrogens (tertiary/aromatic N) is 2. The van der Waals surface area contributed by atoms with Gasteiger partial charge in [0.2, 0.25) is 0 Å². The number of hydrogen-bond donors (Lipinski definition) is 1. The lowest BCUT2D eigenvalue weighted by Crippen LogP contribution is -2.52. The topological polar surface area (TPSA) is 61.8 Å². The zero-order valence-electron chi connectivity index (χ0n) is 16.6. The van der Waals surface area contributed by atoms with Crippen molar-refractivity contribution in [2.45, 2.75) is 39.3 Å². The van der Waals surface area contributed by atoms with E-state index in [9.17, 15) is 9.59 Å². The summed E-state index contributed by atoms with van der Waals surface area (Å²) < 4.78 is 0.